The smallest absolute Gasteiger partial charge is 0.354 e. The number of esters is 1. The Hall–Kier alpha value is -1.42. The molecule has 0 aliphatic rings. The van der Waals surface area contributed by atoms with E-state index < -0.39 is 22.3 Å². The third-order valence-corrected chi connectivity index (χ3v) is 4.77. The SMILES string of the molecule is CCOC(=O)c1cc(S(=O)(=O)NCC(OC)OC)c(C)n1C. The first-order valence-electron chi connectivity index (χ1n) is 6.67. The topological polar surface area (TPSA) is 95.9 Å². The second kappa shape index (κ2) is 7.73. The van der Waals surface area contributed by atoms with Crippen molar-refractivity contribution >= 4 is 16.0 Å². The van der Waals surface area contributed by atoms with Crippen molar-refractivity contribution in [3.63, 3.8) is 0 Å². The zero-order valence-corrected chi connectivity index (χ0v) is 14.2. The number of hydrogen-bond donors (Lipinski definition) is 1. The first-order chi connectivity index (χ1) is 10.3. The zero-order chi connectivity index (χ0) is 16.9. The van der Waals surface area contributed by atoms with Crippen LogP contribution in [0.25, 0.3) is 0 Å². The molecule has 0 bridgehead atoms. The average Bonchev–Trinajstić information content (AvgIpc) is 2.77. The standard InChI is InChI=1S/C13H22N2O6S/c1-6-21-13(16)10-7-11(9(2)15(10)3)22(17,18)14-8-12(19-4)20-5/h7,12,14H,6,8H2,1-5H3. The van der Waals surface area contributed by atoms with Crippen LogP contribution in [0.4, 0.5) is 0 Å². The van der Waals surface area contributed by atoms with Gasteiger partial charge in [0.15, 0.2) is 6.29 Å². The minimum absolute atomic E-state index is 0.0176. The molecule has 126 valence electrons. The van der Waals surface area contributed by atoms with E-state index >= 15 is 0 Å². The van der Waals surface area contributed by atoms with E-state index in [0.29, 0.717) is 5.69 Å². The summed E-state index contributed by atoms with van der Waals surface area (Å²) >= 11 is 0. The molecule has 0 aliphatic heterocycles. The minimum Gasteiger partial charge on any atom is -0.461 e. The summed E-state index contributed by atoms with van der Waals surface area (Å²) < 4.78 is 43.3. The fourth-order valence-corrected chi connectivity index (χ4v) is 3.17. The van der Waals surface area contributed by atoms with Crippen molar-refractivity contribution in [1.29, 1.82) is 0 Å². The van der Waals surface area contributed by atoms with E-state index in [1.165, 1.54) is 24.9 Å². The van der Waals surface area contributed by atoms with Crippen molar-refractivity contribution in [2.24, 2.45) is 7.05 Å². The molecule has 1 heterocycles. The molecule has 0 atom stereocenters. The molecule has 1 aromatic rings. The number of sulfonamides is 1. The first kappa shape index (κ1) is 18.6. The summed E-state index contributed by atoms with van der Waals surface area (Å²) in [5.74, 6) is -0.568. The lowest BCUT2D eigenvalue weighted by atomic mass is 10.4. The van der Waals surface area contributed by atoms with E-state index in [9.17, 15) is 13.2 Å². The van der Waals surface area contributed by atoms with Crippen LogP contribution in [0.2, 0.25) is 0 Å². The summed E-state index contributed by atoms with van der Waals surface area (Å²) in [7, 11) is 0.634. The van der Waals surface area contributed by atoms with Crippen LogP contribution in [0.5, 0.6) is 0 Å². The maximum absolute atomic E-state index is 12.3. The van der Waals surface area contributed by atoms with Crippen LogP contribution in [0.15, 0.2) is 11.0 Å². The van der Waals surface area contributed by atoms with Crippen molar-refractivity contribution in [2.45, 2.75) is 25.0 Å². The number of rotatable bonds is 8. The number of nitrogens with one attached hydrogen (secondary N) is 1. The fraction of sp³-hybridized carbons (Fsp3) is 0.615. The summed E-state index contributed by atoms with van der Waals surface area (Å²) in [4.78, 5) is 11.8. The quantitative estimate of drug-likeness (QED) is 0.546. The molecule has 0 saturated heterocycles. The Morgan fingerprint density at radius 2 is 1.95 bits per heavy atom. The number of carbonyl (C=O) groups is 1. The number of nitrogens with zero attached hydrogens (tertiary/aromatic N) is 1. The van der Waals surface area contributed by atoms with Crippen molar-refractivity contribution in [1.82, 2.24) is 9.29 Å². The van der Waals surface area contributed by atoms with Crippen LogP contribution in [-0.4, -0.2) is 52.6 Å². The molecule has 8 nitrogen and oxygen atoms in total. The van der Waals surface area contributed by atoms with Crippen LogP contribution >= 0.6 is 0 Å². The van der Waals surface area contributed by atoms with Gasteiger partial charge in [-0.15, -0.1) is 0 Å². The van der Waals surface area contributed by atoms with Gasteiger partial charge in [0.1, 0.15) is 10.6 Å². The first-order valence-corrected chi connectivity index (χ1v) is 8.15. The third-order valence-electron chi connectivity index (χ3n) is 3.23. The molecule has 0 amide bonds. The van der Waals surface area contributed by atoms with E-state index in [-0.39, 0.29) is 23.7 Å². The predicted molar refractivity (Wildman–Crippen MR) is 79.1 cm³/mol. The summed E-state index contributed by atoms with van der Waals surface area (Å²) in [5, 5.41) is 0. The van der Waals surface area contributed by atoms with Gasteiger partial charge in [0.05, 0.1) is 13.2 Å². The molecule has 9 heteroatoms. The Morgan fingerprint density at radius 1 is 1.36 bits per heavy atom. The molecule has 0 fully saturated rings. The van der Waals surface area contributed by atoms with Crippen molar-refractivity contribution in [2.75, 3.05) is 27.4 Å². The lowest BCUT2D eigenvalue weighted by Crippen LogP contribution is -2.34. The fourth-order valence-electron chi connectivity index (χ4n) is 1.86. The highest BCUT2D eigenvalue weighted by molar-refractivity contribution is 7.89. The lowest BCUT2D eigenvalue weighted by molar-refractivity contribution is -0.0960. The Kier molecular flexibility index (Phi) is 6.54. The Morgan fingerprint density at radius 3 is 2.45 bits per heavy atom. The van der Waals surface area contributed by atoms with Crippen molar-refractivity contribution in [3.05, 3.63) is 17.5 Å². The molecule has 1 aromatic heterocycles. The molecular weight excluding hydrogens is 312 g/mol. The van der Waals surface area contributed by atoms with Gasteiger partial charge >= 0.3 is 5.97 Å². The van der Waals surface area contributed by atoms with Gasteiger partial charge in [0.2, 0.25) is 10.0 Å². The molecule has 0 unspecified atom stereocenters. The number of aromatic nitrogens is 1. The molecule has 0 radical (unpaired) electrons. The Bertz CT molecular complexity index is 619. The average molecular weight is 334 g/mol. The molecule has 0 aromatic carbocycles. The van der Waals surface area contributed by atoms with E-state index in [2.05, 4.69) is 4.72 Å². The summed E-state index contributed by atoms with van der Waals surface area (Å²) in [6.45, 7) is 3.47. The van der Waals surface area contributed by atoms with Gasteiger partial charge in [-0.3, -0.25) is 0 Å². The van der Waals surface area contributed by atoms with Crippen LogP contribution in [-0.2, 0) is 31.3 Å². The van der Waals surface area contributed by atoms with E-state index in [0.717, 1.165) is 0 Å². The lowest BCUT2D eigenvalue weighted by Gasteiger charge is -2.14. The third kappa shape index (κ3) is 4.07. The Labute approximate surface area is 130 Å². The van der Waals surface area contributed by atoms with Gasteiger partial charge in [-0.05, 0) is 19.9 Å². The van der Waals surface area contributed by atoms with Gasteiger partial charge in [0.25, 0.3) is 0 Å². The van der Waals surface area contributed by atoms with E-state index in [1.807, 2.05) is 0 Å². The Balaban J connectivity index is 3.05. The summed E-state index contributed by atoms with van der Waals surface area (Å²) in [6.07, 6.45) is -0.691. The second-order valence-electron chi connectivity index (χ2n) is 4.51. The van der Waals surface area contributed by atoms with Gasteiger partial charge in [-0.1, -0.05) is 0 Å². The molecule has 1 rings (SSSR count). The van der Waals surface area contributed by atoms with Crippen LogP contribution < -0.4 is 4.72 Å². The summed E-state index contributed by atoms with van der Waals surface area (Å²) in [6, 6.07) is 1.30. The molecule has 0 spiro atoms. The maximum Gasteiger partial charge on any atom is 0.354 e. The number of ether oxygens (including phenoxy) is 3. The van der Waals surface area contributed by atoms with Gasteiger partial charge in [0, 0.05) is 27.0 Å². The summed E-state index contributed by atoms with van der Waals surface area (Å²) in [5.41, 5.74) is 0.608. The van der Waals surface area contributed by atoms with Gasteiger partial charge in [-0.25, -0.2) is 17.9 Å². The highest BCUT2D eigenvalue weighted by atomic mass is 32.2. The van der Waals surface area contributed by atoms with Crippen LogP contribution in [0.3, 0.4) is 0 Å². The highest BCUT2D eigenvalue weighted by Gasteiger charge is 2.25. The molecule has 1 N–H and O–H groups in total. The van der Waals surface area contributed by atoms with Crippen molar-refractivity contribution in [3.8, 4) is 0 Å². The number of hydrogen-bond acceptors (Lipinski definition) is 6. The van der Waals surface area contributed by atoms with Crippen LogP contribution in [0, 0.1) is 6.92 Å². The minimum atomic E-state index is -3.79. The van der Waals surface area contributed by atoms with Crippen LogP contribution in [0.1, 0.15) is 23.1 Å². The molecule has 22 heavy (non-hydrogen) atoms. The predicted octanol–water partition coefficient (Wildman–Crippen LogP) is 0.407. The number of carbonyl (C=O) groups excluding carboxylic acids is 1. The number of methoxy groups -OCH3 is 2. The molecule has 0 aliphatic carbocycles. The van der Waals surface area contributed by atoms with Gasteiger partial charge < -0.3 is 18.8 Å². The zero-order valence-electron chi connectivity index (χ0n) is 13.4. The van der Waals surface area contributed by atoms with Gasteiger partial charge in [-0.2, -0.15) is 0 Å². The molecule has 0 saturated carbocycles. The largest absolute Gasteiger partial charge is 0.461 e. The molecular formula is C13H22N2O6S. The normalized spacial score (nSPS) is 11.9. The van der Waals surface area contributed by atoms with E-state index in [1.54, 1.807) is 20.9 Å². The highest BCUT2D eigenvalue weighted by Crippen LogP contribution is 2.20. The second-order valence-corrected chi connectivity index (χ2v) is 6.25. The van der Waals surface area contributed by atoms with E-state index in [4.69, 9.17) is 14.2 Å². The maximum atomic E-state index is 12.3. The van der Waals surface area contributed by atoms with Crippen molar-refractivity contribution < 1.29 is 27.4 Å². The monoisotopic (exact) mass is 334 g/mol.